The number of carbonyl (C=O) groups is 1. The predicted octanol–water partition coefficient (Wildman–Crippen LogP) is 3.73. The molecule has 1 amide bonds. The summed E-state index contributed by atoms with van der Waals surface area (Å²) in [7, 11) is 0. The highest BCUT2D eigenvalue weighted by molar-refractivity contribution is 5.79. The maximum Gasteiger partial charge on any atom is 0.227 e. The van der Waals surface area contributed by atoms with Gasteiger partial charge in [-0.05, 0) is 18.4 Å². The van der Waals surface area contributed by atoms with Crippen molar-refractivity contribution in [3.8, 4) is 5.82 Å². The van der Waals surface area contributed by atoms with E-state index in [4.69, 9.17) is 0 Å². The zero-order chi connectivity index (χ0) is 20.2. The monoisotopic (exact) mass is 389 g/mol. The van der Waals surface area contributed by atoms with Crippen molar-refractivity contribution in [3.05, 3.63) is 72.2 Å². The van der Waals surface area contributed by atoms with E-state index in [0.29, 0.717) is 13.0 Å². The Hall–Kier alpha value is -3.02. The molecule has 2 aromatic heterocycles. The lowest BCUT2D eigenvalue weighted by molar-refractivity contribution is -0.131. The molecule has 4 rings (SSSR count). The van der Waals surface area contributed by atoms with Gasteiger partial charge < -0.3 is 4.90 Å². The largest absolute Gasteiger partial charge is 0.342 e. The normalized spacial score (nSPS) is 16.9. The van der Waals surface area contributed by atoms with Gasteiger partial charge in [0.2, 0.25) is 5.91 Å². The number of benzene rings is 1. The van der Waals surface area contributed by atoms with Crippen molar-refractivity contribution in [3.63, 3.8) is 0 Å². The van der Waals surface area contributed by atoms with Crippen molar-refractivity contribution in [2.75, 3.05) is 13.1 Å². The second-order valence-corrected chi connectivity index (χ2v) is 7.92. The summed E-state index contributed by atoms with van der Waals surface area (Å²) in [6, 6.07) is 9.94. The van der Waals surface area contributed by atoms with E-state index in [1.165, 1.54) is 0 Å². The van der Waals surface area contributed by atoms with Gasteiger partial charge in [0.15, 0.2) is 5.82 Å². The molecule has 3 heterocycles. The Morgan fingerprint density at radius 2 is 1.90 bits per heavy atom. The Morgan fingerprint density at radius 1 is 1.10 bits per heavy atom. The van der Waals surface area contributed by atoms with Crippen LogP contribution in [0.3, 0.4) is 0 Å². The first-order valence-corrected chi connectivity index (χ1v) is 10.3. The van der Waals surface area contributed by atoms with E-state index in [-0.39, 0.29) is 17.7 Å². The molecule has 6 heteroatoms. The number of amides is 1. The van der Waals surface area contributed by atoms with Gasteiger partial charge in [0.1, 0.15) is 5.82 Å². The van der Waals surface area contributed by atoms with Crippen LogP contribution in [0.15, 0.2) is 55.1 Å². The second kappa shape index (κ2) is 8.55. The Balaban J connectivity index is 1.56. The fourth-order valence-corrected chi connectivity index (χ4v) is 4.05. The quantitative estimate of drug-likeness (QED) is 0.667. The van der Waals surface area contributed by atoms with Crippen molar-refractivity contribution in [1.82, 2.24) is 24.4 Å². The number of aromatic nitrogens is 4. The summed E-state index contributed by atoms with van der Waals surface area (Å²) in [5.41, 5.74) is 2.00. The van der Waals surface area contributed by atoms with Crippen LogP contribution >= 0.6 is 0 Å². The molecular weight excluding hydrogens is 362 g/mol. The van der Waals surface area contributed by atoms with Crippen molar-refractivity contribution < 1.29 is 4.79 Å². The summed E-state index contributed by atoms with van der Waals surface area (Å²) in [4.78, 5) is 28.7. The van der Waals surface area contributed by atoms with Crippen LogP contribution < -0.4 is 0 Å². The minimum absolute atomic E-state index is 0.176. The standard InChI is InChI=1S/C23H27N5O/c1-17(2)22-26-12-14-28(22)23-21(24-10-11-25-23)19-9-6-13-27(16-19)20(29)15-18-7-4-3-5-8-18/h3-5,7-8,10-12,14,17,19H,6,9,13,15-16H2,1-2H3/t19-/m0/s1. The molecule has 1 saturated heterocycles. The zero-order valence-electron chi connectivity index (χ0n) is 17.0. The summed E-state index contributed by atoms with van der Waals surface area (Å²) in [6.07, 6.45) is 9.66. The smallest absolute Gasteiger partial charge is 0.227 e. The van der Waals surface area contributed by atoms with E-state index < -0.39 is 0 Å². The number of rotatable bonds is 5. The highest BCUT2D eigenvalue weighted by atomic mass is 16.2. The number of hydrogen-bond acceptors (Lipinski definition) is 4. The number of imidazole rings is 1. The first kappa shape index (κ1) is 19.3. The minimum Gasteiger partial charge on any atom is -0.342 e. The van der Waals surface area contributed by atoms with Crippen molar-refractivity contribution >= 4 is 5.91 Å². The highest BCUT2D eigenvalue weighted by Gasteiger charge is 2.28. The molecule has 0 aliphatic carbocycles. The number of carbonyl (C=O) groups excluding carboxylic acids is 1. The van der Waals surface area contributed by atoms with Crippen molar-refractivity contribution in [2.24, 2.45) is 0 Å². The topological polar surface area (TPSA) is 63.9 Å². The molecule has 0 spiro atoms. The Bertz CT molecular complexity index is 966. The lowest BCUT2D eigenvalue weighted by Crippen LogP contribution is -2.40. The molecule has 0 radical (unpaired) electrons. The Kier molecular flexibility index (Phi) is 5.69. The van der Waals surface area contributed by atoms with Gasteiger partial charge in [-0.3, -0.25) is 14.3 Å². The Morgan fingerprint density at radius 3 is 2.69 bits per heavy atom. The maximum absolute atomic E-state index is 12.9. The molecule has 3 aromatic rings. The average molecular weight is 390 g/mol. The molecule has 1 fully saturated rings. The van der Waals surface area contributed by atoms with Gasteiger partial charge >= 0.3 is 0 Å². The van der Waals surface area contributed by atoms with Crippen LogP contribution in [0.25, 0.3) is 5.82 Å². The highest BCUT2D eigenvalue weighted by Crippen LogP contribution is 2.30. The summed E-state index contributed by atoms with van der Waals surface area (Å²) in [5.74, 6) is 2.44. The molecule has 0 N–H and O–H groups in total. The summed E-state index contributed by atoms with van der Waals surface area (Å²) in [5, 5.41) is 0. The van der Waals surface area contributed by atoms with Gasteiger partial charge in [-0.2, -0.15) is 0 Å². The molecule has 150 valence electrons. The molecular formula is C23H27N5O. The third kappa shape index (κ3) is 4.21. The van der Waals surface area contributed by atoms with Gasteiger partial charge in [-0.15, -0.1) is 0 Å². The van der Waals surface area contributed by atoms with E-state index in [9.17, 15) is 4.79 Å². The van der Waals surface area contributed by atoms with E-state index in [1.54, 1.807) is 12.4 Å². The van der Waals surface area contributed by atoms with E-state index >= 15 is 0 Å². The predicted molar refractivity (Wildman–Crippen MR) is 112 cm³/mol. The van der Waals surface area contributed by atoms with Crippen LogP contribution in [0.5, 0.6) is 0 Å². The minimum atomic E-state index is 0.176. The van der Waals surface area contributed by atoms with Crippen LogP contribution in [-0.4, -0.2) is 43.4 Å². The summed E-state index contributed by atoms with van der Waals surface area (Å²) < 4.78 is 2.04. The lowest BCUT2D eigenvalue weighted by Gasteiger charge is -2.33. The van der Waals surface area contributed by atoms with Gasteiger partial charge in [0.25, 0.3) is 0 Å². The molecule has 0 bridgehead atoms. The van der Waals surface area contributed by atoms with Crippen molar-refractivity contribution in [1.29, 1.82) is 0 Å². The van der Waals surface area contributed by atoms with Gasteiger partial charge in [0.05, 0.1) is 12.1 Å². The fraction of sp³-hybridized carbons (Fsp3) is 0.391. The third-order valence-electron chi connectivity index (χ3n) is 5.48. The van der Waals surface area contributed by atoms with Crippen LogP contribution in [0.2, 0.25) is 0 Å². The van der Waals surface area contributed by atoms with Gasteiger partial charge in [0, 0.05) is 49.7 Å². The summed E-state index contributed by atoms with van der Waals surface area (Å²) in [6.45, 7) is 5.74. The molecule has 1 aliphatic heterocycles. The Labute approximate surface area is 171 Å². The molecule has 0 unspecified atom stereocenters. The molecule has 1 aliphatic rings. The molecule has 6 nitrogen and oxygen atoms in total. The SMILES string of the molecule is CC(C)c1nccn1-c1nccnc1[C@H]1CCCN(C(=O)Cc2ccccc2)C1. The van der Waals surface area contributed by atoms with E-state index in [1.807, 2.05) is 52.2 Å². The molecule has 1 aromatic carbocycles. The molecule has 1 atom stereocenters. The van der Waals surface area contributed by atoms with Crippen LogP contribution in [0.1, 0.15) is 55.6 Å². The van der Waals surface area contributed by atoms with E-state index in [0.717, 1.165) is 42.3 Å². The first-order valence-electron chi connectivity index (χ1n) is 10.3. The number of hydrogen-bond donors (Lipinski definition) is 0. The molecule has 0 saturated carbocycles. The summed E-state index contributed by atoms with van der Waals surface area (Å²) >= 11 is 0. The average Bonchev–Trinajstić information content (AvgIpc) is 3.25. The van der Waals surface area contributed by atoms with Crippen LogP contribution in [0, 0.1) is 0 Å². The third-order valence-corrected chi connectivity index (χ3v) is 5.48. The molecule has 29 heavy (non-hydrogen) atoms. The number of nitrogens with zero attached hydrogens (tertiary/aromatic N) is 5. The maximum atomic E-state index is 12.9. The lowest BCUT2D eigenvalue weighted by atomic mass is 9.93. The van der Waals surface area contributed by atoms with Crippen molar-refractivity contribution in [2.45, 2.75) is 44.9 Å². The van der Waals surface area contributed by atoms with Crippen LogP contribution in [-0.2, 0) is 11.2 Å². The van der Waals surface area contributed by atoms with Gasteiger partial charge in [-0.25, -0.2) is 9.97 Å². The first-order chi connectivity index (χ1) is 14.1. The zero-order valence-corrected chi connectivity index (χ0v) is 17.0. The number of likely N-dealkylation sites (tertiary alicyclic amines) is 1. The van der Waals surface area contributed by atoms with E-state index in [2.05, 4.69) is 28.8 Å². The second-order valence-electron chi connectivity index (χ2n) is 7.92. The van der Waals surface area contributed by atoms with Gasteiger partial charge in [-0.1, -0.05) is 44.2 Å². The van der Waals surface area contributed by atoms with Crippen LogP contribution in [0.4, 0.5) is 0 Å². The fourth-order valence-electron chi connectivity index (χ4n) is 4.05. The number of piperidine rings is 1.